The summed E-state index contributed by atoms with van der Waals surface area (Å²) in [6.07, 6.45) is -0.213. The van der Waals surface area contributed by atoms with Crippen LogP contribution < -0.4 is 5.32 Å². The minimum Gasteiger partial charge on any atom is -0.445 e. The molecular weight excluding hydrogens is 252 g/mol. The van der Waals surface area contributed by atoms with E-state index in [0.717, 1.165) is 18.7 Å². The zero-order valence-corrected chi connectivity index (χ0v) is 12.6. The molecule has 0 bridgehead atoms. The second-order valence-corrected chi connectivity index (χ2v) is 6.32. The number of piperazine rings is 1. The summed E-state index contributed by atoms with van der Waals surface area (Å²) in [5.41, 5.74) is 1.06. The molecule has 0 aliphatic carbocycles. The van der Waals surface area contributed by atoms with Gasteiger partial charge in [0.25, 0.3) is 0 Å². The Labute approximate surface area is 121 Å². The Bertz CT molecular complexity index is 440. The fourth-order valence-electron chi connectivity index (χ4n) is 2.50. The SMILES string of the molecule is CC(C)(C)C1CNCCN1C(=O)OCc1ccccc1. The van der Waals surface area contributed by atoms with Crippen LogP contribution in [-0.2, 0) is 11.3 Å². The first-order valence-electron chi connectivity index (χ1n) is 7.16. The van der Waals surface area contributed by atoms with Crippen LogP contribution in [0.25, 0.3) is 0 Å². The standard InChI is InChI=1S/C16H24N2O2/c1-16(2,3)14-11-17-9-10-18(14)15(19)20-12-13-7-5-4-6-8-13/h4-8,14,17H,9-12H2,1-3H3. The molecule has 1 aliphatic rings. The number of benzene rings is 1. The summed E-state index contributed by atoms with van der Waals surface area (Å²) < 4.78 is 5.45. The smallest absolute Gasteiger partial charge is 0.410 e. The highest BCUT2D eigenvalue weighted by Crippen LogP contribution is 2.26. The van der Waals surface area contributed by atoms with Crippen LogP contribution >= 0.6 is 0 Å². The van der Waals surface area contributed by atoms with E-state index in [-0.39, 0.29) is 17.6 Å². The molecule has 1 aromatic carbocycles. The summed E-state index contributed by atoms with van der Waals surface area (Å²) in [5.74, 6) is 0. The van der Waals surface area contributed by atoms with Gasteiger partial charge in [-0.05, 0) is 11.0 Å². The lowest BCUT2D eigenvalue weighted by atomic mass is 9.85. The molecule has 1 aliphatic heterocycles. The van der Waals surface area contributed by atoms with E-state index >= 15 is 0 Å². The van der Waals surface area contributed by atoms with Crippen LogP contribution in [0.15, 0.2) is 30.3 Å². The predicted molar refractivity (Wildman–Crippen MR) is 79.4 cm³/mol. The molecule has 4 heteroatoms. The molecule has 0 radical (unpaired) electrons. The van der Waals surface area contributed by atoms with Crippen molar-refractivity contribution in [2.45, 2.75) is 33.4 Å². The van der Waals surface area contributed by atoms with Crippen molar-refractivity contribution in [3.63, 3.8) is 0 Å². The number of nitrogens with one attached hydrogen (secondary N) is 1. The highest BCUT2D eigenvalue weighted by molar-refractivity contribution is 5.68. The summed E-state index contributed by atoms with van der Waals surface area (Å²) in [6.45, 7) is 9.15. The third-order valence-electron chi connectivity index (χ3n) is 3.68. The van der Waals surface area contributed by atoms with Crippen molar-refractivity contribution < 1.29 is 9.53 Å². The molecule has 0 aromatic heterocycles. The van der Waals surface area contributed by atoms with Crippen molar-refractivity contribution in [3.05, 3.63) is 35.9 Å². The van der Waals surface area contributed by atoms with Crippen LogP contribution in [0.3, 0.4) is 0 Å². The van der Waals surface area contributed by atoms with E-state index in [9.17, 15) is 4.79 Å². The van der Waals surface area contributed by atoms with E-state index in [4.69, 9.17) is 4.74 Å². The van der Waals surface area contributed by atoms with Crippen molar-refractivity contribution in [2.75, 3.05) is 19.6 Å². The van der Waals surface area contributed by atoms with Crippen LogP contribution in [0.4, 0.5) is 4.79 Å². The summed E-state index contributed by atoms with van der Waals surface area (Å²) in [4.78, 5) is 14.2. The lowest BCUT2D eigenvalue weighted by Gasteiger charge is -2.42. The highest BCUT2D eigenvalue weighted by Gasteiger charge is 2.35. The number of amides is 1. The van der Waals surface area contributed by atoms with Gasteiger partial charge < -0.3 is 15.0 Å². The molecule has 1 atom stereocenters. The van der Waals surface area contributed by atoms with Crippen LogP contribution in [0.2, 0.25) is 0 Å². The lowest BCUT2D eigenvalue weighted by molar-refractivity contribution is 0.0412. The first-order chi connectivity index (χ1) is 9.48. The van der Waals surface area contributed by atoms with Gasteiger partial charge in [0.05, 0.1) is 6.04 Å². The van der Waals surface area contributed by atoms with E-state index in [1.54, 1.807) is 0 Å². The number of carbonyl (C=O) groups excluding carboxylic acids is 1. The van der Waals surface area contributed by atoms with Gasteiger partial charge in [-0.15, -0.1) is 0 Å². The summed E-state index contributed by atoms with van der Waals surface area (Å²) in [5, 5.41) is 3.35. The average molecular weight is 276 g/mol. The van der Waals surface area contributed by atoms with Crippen molar-refractivity contribution in [1.29, 1.82) is 0 Å². The molecule has 4 nitrogen and oxygen atoms in total. The normalized spacial score (nSPS) is 19.8. The minimum absolute atomic E-state index is 0.0409. The maximum atomic E-state index is 12.3. The number of hydrogen-bond acceptors (Lipinski definition) is 3. The molecule has 0 saturated carbocycles. The number of ether oxygens (including phenoxy) is 1. The van der Waals surface area contributed by atoms with E-state index in [0.29, 0.717) is 13.2 Å². The van der Waals surface area contributed by atoms with E-state index in [1.165, 1.54) is 0 Å². The van der Waals surface area contributed by atoms with E-state index in [1.807, 2.05) is 35.2 Å². The van der Waals surface area contributed by atoms with Crippen molar-refractivity contribution in [1.82, 2.24) is 10.2 Å². The largest absolute Gasteiger partial charge is 0.445 e. The molecule has 110 valence electrons. The van der Waals surface area contributed by atoms with Gasteiger partial charge >= 0.3 is 6.09 Å². The summed E-state index contributed by atoms with van der Waals surface area (Å²) >= 11 is 0. The van der Waals surface area contributed by atoms with Gasteiger partial charge in [0.1, 0.15) is 6.61 Å². The van der Waals surface area contributed by atoms with Crippen molar-refractivity contribution in [2.24, 2.45) is 5.41 Å². The predicted octanol–water partition coefficient (Wildman–Crippen LogP) is 2.64. The molecule has 1 fully saturated rings. The molecule has 2 rings (SSSR count). The number of carbonyl (C=O) groups is 1. The van der Waals surface area contributed by atoms with Crippen molar-refractivity contribution in [3.8, 4) is 0 Å². The molecule has 1 saturated heterocycles. The Kier molecular flexibility index (Phi) is 4.65. The molecule has 1 N–H and O–H groups in total. The maximum absolute atomic E-state index is 12.3. The third-order valence-corrected chi connectivity index (χ3v) is 3.68. The van der Waals surface area contributed by atoms with Crippen LogP contribution in [0.5, 0.6) is 0 Å². The summed E-state index contributed by atoms with van der Waals surface area (Å²) in [7, 11) is 0. The van der Waals surface area contributed by atoms with Gasteiger partial charge in [0.2, 0.25) is 0 Å². The maximum Gasteiger partial charge on any atom is 0.410 e. The average Bonchev–Trinajstić information content (AvgIpc) is 2.45. The second-order valence-electron chi connectivity index (χ2n) is 6.32. The molecule has 1 heterocycles. The Morgan fingerprint density at radius 3 is 2.70 bits per heavy atom. The topological polar surface area (TPSA) is 41.6 Å². The zero-order chi connectivity index (χ0) is 14.6. The molecule has 1 amide bonds. The van der Waals surface area contributed by atoms with E-state index < -0.39 is 0 Å². The van der Waals surface area contributed by atoms with Crippen LogP contribution in [0.1, 0.15) is 26.3 Å². The fourth-order valence-corrected chi connectivity index (χ4v) is 2.50. The lowest BCUT2D eigenvalue weighted by Crippen LogP contribution is -2.58. The third kappa shape index (κ3) is 3.73. The Morgan fingerprint density at radius 2 is 2.05 bits per heavy atom. The van der Waals surface area contributed by atoms with Gasteiger partial charge in [-0.25, -0.2) is 4.79 Å². The number of hydrogen-bond donors (Lipinski definition) is 1. The van der Waals surface area contributed by atoms with Crippen LogP contribution in [-0.4, -0.2) is 36.7 Å². The number of rotatable bonds is 2. The van der Waals surface area contributed by atoms with E-state index in [2.05, 4.69) is 26.1 Å². The van der Waals surface area contributed by atoms with Gasteiger partial charge in [-0.3, -0.25) is 0 Å². The molecule has 0 spiro atoms. The van der Waals surface area contributed by atoms with Gasteiger partial charge in [-0.2, -0.15) is 0 Å². The van der Waals surface area contributed by atoms with Crippen molar-refractivity contribution >= 4 is 6.09 Å². The Hall–Kier alpha value is -1.55. The first-order valence-corrected chi connectivity index (χ1v) is 7.16. The fraction of sp³-hybridized carbons (Fsp3) is 0.562. The van der Waals surface area contributed by atoms with Gasteiger partial charge in [-0.1, -0.05) is 51.1 Å². The van der Waals surface area contributed by atoms with Crippen LogP contribution in [0, 0.1) is 5.41 Å². The minimum atomic E-state index is -0.213. The zero-order valence-electron chi connectivity index (χ0n) is 12.6. The Morgan fingerprint density at radius 1 is 1.35 bits per heavy atom. The van der Waals surface area contributed by atoms with Gasteiger partial charge in [0, 0.05) is 19.6 Å². The molecule has 20 heavy (non-hydrogen) atoms. The first kappa shape index (κ1) is 14.9. The Balaban J connectivity index is 1.96. The monoisotopic (exact) mass is 276 g/mol. The molecule has 1 aromatic rings. The molecular formula is C16H24N2O2. The highest BCUT2D eigenvalue weighted by atomic mass is 16.6. The summed E-state index contributed by atoms with van der Waals surface area (Å²) in [6, 6.07) is 9.95. The quantitative estimate of drug-likeness (QED) is 0.903. The number of nitrogens with zero attached hydrogens (tertiary/aromatic N) is 1. The van der Waals surface area contributed by atoms with Gasteiger partial charge in [0.15, 0.2) is 0 Å². The molecule has 1 unspecified atom stereocenters. The second kappa shape index (κ2) is 6.27.